The van der Waals surface area contributed by atoms with E-state index in [1.165, 1.54) is 12.1 Å². The Morgan fingerprint density at radius 2 is 1.60 bits per heavy atom. The number of sulfonamides is 1. The molecule has 128 valence electrons. The summed E-state index contributed by atoms with van der Waals surface area (Å²) in [6.07, 6.45) is 0. The summed E-state index contributed by atoms with van der Waals surface area (Å²) in [6.45, 7) is 0. The van der Waals surface area contributed by atoms with Crippen LogP contribution in [0.2, 0.25) is 5.02 Å². The van der Waals surface area contributed by atoms with Crippen molar-refractivity contribution in [3.05, 3.63) is 82.3 Å². The van der Waals surface area contributed by atoms with Crippen molar-refractivity contribution >= 4 is 43.2 Å². The summed E-state index contributed by atoms with van der Waals surface area (Å²) < 4.78 is 34.3. The smallest absolute Gasteiger partial charge is 0.262 e. The van der Waals surface area contributed by atoms with Gasteiger partial charge < -0.3 is 4.74 Å². The molecule has 0 radical (unpaired) electrons. The van der Waals surface area contributed by atoms with E-state index in [0.29, 0.717) is 22.2 Å². The minimum atomic E-state index is -3.75. The molecule has 0 amide bonds. The van der Waals surface area contributed by atoms with E-state index < -0.39 is 10.0 Å². The maximum Gasteiger partial charge on any atom is 0.262 e. The molecule has 7 heteroatoms. The molecule has 0 saturated carbocycles. The Labute approximate surface area is 159 Å². The number of halogens is 2. The summed E-state index contributed by atoms with van der Waals surface area (Å²) in [7, 11) is -3.75. The van der Waals surface area contributed by atoms with Crippen molar-refractivity contribution in [2.75, 3.05) is 4.72 Å². The topological polar surface area (TPSA) is 55.4 Å². The highest BCUT2D eigenvalue weighted by atomic mass is 79.9. The van der Waals surface area contributed by atoms with Gasteiger partial charge in [-0.1, -0.05) is 45.7 Å². The van der Waals surface area contributed by atoms with E-state index in [0.717, 1.165) is 4.47 Å². The molecule has 0 atom stereocenters. The van der Waals surface area contributed by atoms with Crippen LogP contribution in [0.25, 0.3) is 0 Å². The van der Waals surface area contributed by atoms with Crippen LogP contribution in [0.4, 0.5) is 5.69 Å². The van der Waals surface area contributed by atoms with Gasteiger partial charge in [-0.05, 0) is 48.5 Å². The second-order valence-electron chi connectivity index (χ2n) is 5.12. The third-order valence-electron chi connectivity index (χ3n) is 3.28. The van der Waals surface area contributed by atoms with E-state index in [1.807, 2.05) is 18.2 Å². The number of ether oxygens (including phenoxy) is 1. The summed E-state index contributed by atoms with van der Waals surface area (Å²) in [5.41, 5.74) is 0.302. The Bertz CT molecular complexity index is 977. The predicted molar refractivity (Wildman–Crippen MR) is 103 cm³/mol. The highest BCUT2D eigenvalue weighted by Crippen LogP contribution is 2.33. The molecular weight excluding hydrogens is 426 g/mol. The lowest BCUT2D eigenvalue weighted by molar-refractivity contribution is 0.485. The lowest BCUT2D eigenvalue weighted by Gasteiger charge is -2.14. The van der Waals surface area contributed by atoms with Gasteiger partial charge in [-0.25, -0.2) is 8.42 Å². The first kappa shape index (κ1) is 17.8. The van der Waals surface area contributed by atoms with E-state index in [4.69, 9.17) is 16.3 Å². The van der Waals surface area contributed by atoms with Crippen molar-refractivity contribution in [2.24, 2.45) is 0 Å². The van der Waals surface area contributed by atoms with Gasteiger partial charge in [0.2, 0.25) is 0 Å². The normalized spacial score (nSPS) is 11.1. The maximum atomic E-state index is 12.6. The average Bonchev–Trinajstić information content (AvgIpc) is 2.58. The Balaban J connectivity index is 1.93. The Kier molecular flexibility index (Phi) is 5.32. The Morgan fingerprint density at radius 3 is 2.28 bits per heavy atom. The molecule has 25 heavy (non-hydrogen) atoms. The maximum absolute atomic E-state index is 12.6. The van der Waals surface area contributed by atoms with Gasteiger partial charge in [-0.2, -0.15) is 0 Å². The predicted octanol–water partition coefficient (Wildman–Crippen LogP) is 5.70. The molecule has 1 N–H and O–H groups in total. The lowest BCUT2D eigenvalue weighted by atomic mass is 10.3. The SMILES string of the molecule is O=S(=O)(Nc1ccc(Cl)cc1Oc1ccccc1)c1ccc(Br)cc1. The van der Waals surface area contributed by atoms with Gasteiger partial charge in [0.25, 0.3) is 10.0 Å². The quantitative estimate of drug-likeness (QED) is 0.556. The van der Waals surface area contributed by atoms with E-state index in [9.17, 15) is 8.42 Å². The van der Waals surface area contributed by atoms with Crippen LogP contribution in [0.3, 0.4) is 0 Å². The molecule has 0 aliphatic heterocycles. The van der Waals surface area contributed by atoms with Crippen LogP contribution in [0.1, 0.15) is 0 Å². The van der Waals surface area contributed by atoms with E-state index >= 15 is 0 Å². The van der Waals surface area contributed by atoms with Crippen LogP contribution in [-0.2, 0) is 10.0 Å². The summed E-state index contributed by atoms with van der Waals surface area (Å²) in [6, 6.07) is 20.1. The monoisotopic (exact) mass is 437 g/mol. The standard InChI is InChI=1S/C18H13BrClNO3S/c19-13-6-9-16(10-7-13)25(22,23)21-17-11-8-14(20)12-18(17)24-15-4-2-1-3-5-15/h1-12,21H. The van der Waals surface area contributed by atoms with E-state index in [1.54, 1.807) is 42.5 Å². The summed E-state index contributed by atoms with van der Waals surface area (Å²) in [4.78, 5) is 0.149. The first-order valence-electron chi connectivity index (χ1n) is 7.25. The zero-order valence-electron chi connectivity index (χ0n) is 12.8. The number of nitrogens with one attached hydrogen (secondary N) is 1. The summed E-state index contributed by atoms with van der Waals surface area (Å²) in [5.74, 6) is 0.897. The van der Waals surface area contributed by atoms with Crippen LogP contribution in [0.15, 0.2) is 82.2 Å². The average molecular weight is 439 g/mol. The summed E-state index contributed by atoms with van der Waals surface area (Å²) >= 11 is 9.31. The van der Waals surface area contributed by atoms with Crippen molar-refractivity contribution in [3.8, 4) is 11.5 Å². The molecule has 0 aliphatic carbocycles. The molecule has 4 nitrogen and oxygen atoms in total. The lowest BCUT2D eigenvalue weighted by Crippen LogP contribution is -2.13. The van der Waals surface area contributed by atoms with Crippen molar-refractivity contribution in [1.82, 2.24) is 0 Å². The van der Waals surface area contributed by atoms with Gasteiger partial charge in [-0.3, -0.25) is 4.72 Å². The molecule has 0 saturated heterocycles. The highest BCUT2D eigenvalue weighted by Gasteiger charge is 2.17. The molecule has 0 aromatic heterocycles. The molecule has 0 aliphatic rings. The van der Waals surface area contributed by atoms with Crippen LogP contribution < -0.4 is 9.46 Å². The van der Waals surface area contributed by atoms with Gasteiger partial charge in [-0.15, -0.1) is 0 Å². The van der Waals surface area contributed by atoms with Gasteiger partial charge in [0.1, 0.15) is 5.75 Å². The number of hydrogen-bond acceptors (Lipinski definition) is 3. The zero-order chi connectivity index (χ0) is 17.9. The fraction of sp³-hybridized carbons (Fsp3) is 0. The second-order valence-corrected chi connectivity index (χ2v) is 8.15. The number of para-hydroxylation sites is 1. The molecule has 0 bridgehead atoms. The Morgan fingerprint density at radius 1 is 0.920 bits per heavy atom. The number of benzene rings is 3. The van der Waals surface area contributed by atoms with Crippen molar-refractivity contribution < 1.29 is 13.2 Å². The van der Waals surface area contributed by atoms with Gasteiger partial charge in [0.15, 0.2) is 5.75 Å². The third-order valence-corrected chi connectivity index (χ3v) is 5.43. The number of hydrogen-bond donors (Lipinski definition) is 1. The highest BCUT2D eigenvalue weighted by molar-refractivity contribution is 9.10. The molecule has 0 heterocycles. The minimum absolute atomic E-state index is 0.149. The van der Waals surface area contributed by atoms with Crippen molar-refractivity contribution in [1.29, 1.82) is 0 Å². The van der Waals surface area contributed by atoms with E-state index in [-0.39, 0.29) is 4.90 Å². The van der Waals surface area contributed by atoms with Crippen molar-refractivity contribution in [2.45, 2.75) is 4.90 Å². The van der Waals surface area contributed by atoms with Crippen molar-refractivity contribution in [3.63, 3.8) is 0 Å². The van der Waals surface area contributed by atoms with Gasteiger partial charge in [0.05, 0.1) is 10.6 Å². The largest absolute Gasteiger partial charge is 0.455 e. The van der Waals surface area contributed by atoms with Crippen LogP contribution in [0, 0.1) is 0 Å². The summed E-state index contributed by atoms with van der Waals surface area (Å²) in [5, 5.41) is 0.442. The second kappa shape index (κ2) is 7.47. The van der Waals surface area contributed by atoms with Gasteiger partial charge >= 0.3 is 0 Å². The fourth-order valence-corrected chi connectivity index (χ4v) is 3.59. The van der Waals surface area contributed by atoms with Gasteiger partial charge in [0, 0.05) is 15.6 Å². The molecule has 0 unspecified atom stereocenters. The number of anilines is 1. The molecule has 3 rings (SSSR count). The first-order chi connectivity index (χ1) is 11.9. The molecule has 0 spiro atoms. The van der Waals surface area contributed by atoms with Crippen LogP contribution in [0.5, 0.6) is 11.5 Å². The zero-order valence-corrected chi connectivity index (χ0v) is 16.0. The first-order valence-corrected chi connectivity index (χ1v) is 9.90. The Hall–Kier alpha value is -2.02. The molecule has 0 fully saturated rings. The fourth-order valence-electron chi connectivity index (χ4n) is 2.10. The third kappa shape index (κ3) is 4.54. The van der Waals surface area contributed by atoms with E-state index in [2.05, 4.69) is 20.7 Å². The van der Waals surface area contributed by atoms with Crippen LogP contribution >= 0.6 is 27.5 Å². The minimum Gasteiger partial charge on any atom is -0.455 e. The van der Waals surface area contributed by atoms with Crippen LogP contribution in [-0.4, -0.2) is 8.42 Å². The number of rotatable bonds is 5. The molecular formula is C18H13BrClNO3S. The molecule has 3 aromatic rings. The molecule has 3 aromatic carbocycles.